The van der Waals surface area contributed by atoms with Crippen LogP contribution < -0.4 is 23.8 Å². The maximum absolute atomic E-state index is 14.6. The molecule has 1 atom stereocenters. The quantitative estimate of drug-likeness (QED) is 0.143. The molecule has 0 aliphatic carbocycles. The van der Waals surface area contributed by atoms with Gasteiger partial charge in [-0.1, -0.05) is 59.6 Å². The zero-order chi connectivity index (χ0) is 35.6. The first kappa shape index (κ1) is 37.4. The number of anilines is 1. The van der Waals surface area contributed by atoms with Crippen LogP contribution in [0.5, 0.6) is 17.2 Å². The Bertz CT molecular complexity index is 1820. The molecule has 10 nitrogen and oxygen atoms in total. The minimum atomic E-state index is -4.41. The van der Waals surface area contributed by atoms with E-state index >= 15 is 0 Å². The van der Waals surface area contributed by atoms with E-state index in [-0.39, 0.29) is 29.3 Å². The number of methoxy groups -OCH3 is 2. The van der Waals surface area contributed by atoms with Gasteiger partial charge in [0.05, 0.1) is 31.4 Å². The number of sulfonamides is 1. The number of amides is 2. The number of carbonyl (C=O) groups excluding carboxylic acids is 2. The maximum Gasteiger partial charge on any atom is 0.264 e. The first-order valence-electron chi connectivity index (χ1n) is 15.6. The van der Waals surface area contributed by atoms with Crippen molar-refractivity contribution in [1.29, 1.82) is 0 Å². The second-order valence-electron chi connectivity index (χ2n) is 10.8. The number of hydrogen-bond donors (Lipinski definition) is 1. The maximum atomic E-state index is 14.6. The Labute approximate surface area is 297 Å². The number of nitrogens with zero attached hydrogens (tertiary/aromatic N) is 2. The molecule has 2 amide bonds. The van der Waals surface area contributed by atoms with Crippen molar-refractivity contribution in [3.05, 3.63) is 112 Å². The van der Waals surface area contributed by atoms with Crippen LogP contribution in [-0.4, -0.2) is 65.1 Å². The molecule has 0 saturated heterocycles. The number of likely N-dealkylation sites (N-methyl/N-ethyl adjacent to an activating group) is 1. The molecule has 13 heteroatoms. The minimum absolute atomic E-state index is 0.142. The number of nitrogens with one attached hydrogen (secondary N) is 1. The van der Waals surface area contributed by atoms with Gasteiger partial charge >= 0.3 is 0 Å². The van der Waals surface area contributed by atoms with Crippen molar-refractivity contribution in [2.45, 2.75) is 37.8 Å². The monoisotopic (exact) mass is 727 g/mol. The van der Waals surface area contributed by atoms with Crippen molar-refractivity contribution >= 4 is 50.7 Å². The van der Waals surface area contributed by atoms with Gasteiger partial charge in [-0.3, -0.25) is 13.9 Å². The third kappa shape index (κ3) is 9.17. The molecular formula is C36H39Cl2N3O7S. The van der Waals surface area contributed by atoms with E-state index in [1.807, 2.05) is 37.3 Å². The summed E-state index contributed by atoms with van der Waals surface area (Å²) in [6, 6.07) is 23.6. The third-order valence-electron chi connectivity index (χ3n) is 7.67. The Hall–Kier alpha value is -4.45. The van der Waals surface area contributed by atoms with E-state index in [0.717, 1.165) is 9.87 Å². The van der Waals surface area contributed by atoms with Crippen molar-refractivity contribution in [1.82, 2.24) is 10.2 Å². The summed E-state index contributed by atoms with van der Waals surface area (Å²) < 4.78 is 46.1. The van der Waals surface area contributed by atoms with E-state index in [0.29, 0.717) is 40.3 Å². The molecule has 0 fully saturated rings. The van der Waals surface area contributed by atoms with E-state index < -0.39 is 34.4 Å². The lowest BCUT2D eigenvalue weighted by Gasteiger charge is -2.34. The highest BCUT2D eigenvalue weighted by atomic mass is 35.5. The van der Waals surface area contributed by atoms with E-state index in [4.69, 9.17) is 37.4 Å². The molecular weight excluding hydrogens is 689 g/mol. The Morgan fingerprint density at radius 1 is 0.837 bits per heavy atom. The van der Waals surface area contributed by atoms with Crippen LogP contribution in [0, 0.1) is 0 Å². The van der Waals surface area contributed by atoms with Gasteiger partial charge in [-0.25, -0.2) is 8.42 Å². The number of ether oxygens (including phenoxy) is 3. The van der Waals surface area contributed by atoms with E-state index in [1.165, 1.54) is 37.3 Å². The number of hydrogen-bond acceptors (Lipinski definition) is 7. The van der Waals surface area contributed by atoms with Gasteiger partial charge in [-0.2, -0.15) is 0 Å². The van der Waals surface area contributed by atoms with Crippen LogP contribution in [0.15, 0.2) is 95.9 Å². The van der Waals surface area contributed by atoms with Gasteiger partial charge in [-0.05, 0) is 67.9 Å². The van der Waals surface area contributed by atoms with Crippen LogP contribution in [-0.2, 0) is 32.6 Å². The van der Waals surface area contributed by atoms with Crippen LogP contribution in [0.2, 0.25) is 10.0 Å². The van der Waals surface area contributed by atoms with Crippen molar-refractivity contribution < 1.29 is 32.2 Å². The number of rotatable bonds is 16. The van der Waals surface area contributed by atoms with Crippen molar-refractivity contribution in [3.8, 4) is 17.2 Å². The standard InChI is InChI=1S/C36H39Cl2N3O7S/c1-5-39-36(43)32(21-25-11-8-7-9-12-25)40(23-29-30(37)13-10-14-31(29)38)35(42)24-41(26-15-17-27(18-16-26)48-6-2)49(44,45)28-19-20-33(46-3)34(22-28)47-4/h7-20,22,32H,5-6,21,23-24H2,1-4H3,(H,39,43)/t32-/m1/s1. The number of benzene rings is 4. The summed E-state index contributed by atoms with van der Waals surface area (Å²) in [4.78, 5) is 29.6. The van der Waals surface area contributed by atoms with Gasteiger partial charge < -0.3 is 24.4 Å². The molecule has 0 radical (unpaired) electrons. The van der Waals surface area contributed by atoms with Gasteiger partial charge in [-0.15, -0.1) is 0 Å². The minimum Gasteiger partial charge on any atom is -0.494 e. The number of carbonyl (C=O) groups is 2. The van der Waals surface area contributed by atoms with Crippen LogP contribution in [0.3, 0.4) is 0 Å². The molecule has 0 bridgehead atoms. The highest BCUT2D eigenvalue weighted by Gasteiger charge is 2.35. The zero-order valence-electron chi connectivity index (χ0n) is 27.7. The number of halogens is 2. The summed E-state index contributed by atoms with van der Waals surface area (Å²) in [5, 5.41) is 3.41. The Balaban J connectivity index is 1.85. The van der Waals surface area contributed by atoms with Crippen LogP contribution in [0.4, 0.5) is 5.69 Å². The van der Waals surface area contributed by atoms with Gasteiger partial charge in [0, 0.05) is 41.2 Å². The molecule has 0 unspecified atom stereocenters. The Morgan fingerprint density at radius 2 is 1.49 bits per heavy atom. The van der Waals surface area contributed by atoms with Gasteiger partial charge in [0.1, 0.15) is 18.3 Å². The zero-order valence-corrected chi connectivity index (χ0v) is 30.0. The van der Waals surface area contributed by atoms with Crippen LogP contribution in [0.25, 0.3) is 0 Å². The molecule has 49 heavy (non-hydrogen) atoms. The molecule has 0 aromatic heterocycles. The van der Waals surface area contributed by atoms with E-state index in [2.05, 4.69) is 5.32 Å². The fourth-order valence-electron chi connectivity index (χ4n) is 5.21. The molecule has 4 aromatic rings. The molecule has 4 aromatic carbocycles. The lowest BCUT2D eigenvalue weighted by atomic mass is 10.0. The molecule has 0 aliphatic heterocycles. The van der Waals surface area contributed by atoms with Crippen molar-refractivity contribution in [2.75, 3.05) is 38.2 Å². The van der Waals surface area contributed by atoms with Gasteiger partial charge in [0.15, 0.2) is 11.5 Å². The molecule has 0 aliphatic rings. The first-order valence-corrected chi connectivity index (χ1v) is 17.7. The van der Waals surface area contributed by atoms with Crippen LogP contribution in [0.1, 0.15) is 25.0 Å². The first-order chi connectivity index (χ1) is 23.5. The Kier molecular flexibility index (Phi) is 13.2. The smallest absolute Gasteiger partial charge is 0.264 e. The lowest BCUT2D eigenvalue weighted by Crippen LogP contribution is -2.53. The predicted molar refractivity (Wildman–Crippen MR) is 191 cm³/mol. The SMILES string of the molecule is CCNC(=O)[C@@H](Cc1ccccc1)N(Cc1c(Cl)cccc1Cl)C(=O)CN(c1ccc(OCC)cc1)S(=O)(=O)c1ccc(OC)c(OC)c1. The Morgan fingerprint density at radius 3 is 2.08 bits per heavy atom. The molecule has 260 valence electrons. The molecule has 0 saturated carbocycles. The van der Waals surface area contributed by atoms with Crippen LogP contribution >= 0.6 is 23.2 Å². The topological polar surface area (TPSA) is 114 Å². The average molecular weight is 729 g/mol. The second kappa shape index (κ2) is 17.3. The molecule has 0 heterocycles. The largest absolute Gasteiger partial charge is 0.494 e. The van der Waals surface area contributed by atoms with Gasteiger partial charge in [0.2, 0.25) is 11.8 Å². The van der Waals surface area contributed by atoms with Crippen molar-refractivity contribution in [3.63, 3.8) is 0 Å². The summed E-state index contributed by atoms with van der Waals surface area (Å²) in [5.41, 5.74) is 1.40. The summed E-state index contributed by atoms with van der Waals surface area (Å²) in [6.07, 6.45) is 0.145. The average Bonchev–Trinajstić information content (AvgIpc) is 3.10. The summed E-state index contributed by atoms with van der Waals surface area (Å²) in [5.74, 6) is -0.0381. The molecule has 4 rings (SSSR count). The highest BCUT2D eigenvalue weighted by molar-refractivity contribution is 7.92. The van der Waals surface area contributed by atoms with Gasteiger partial charge in [0.25, 0.3) is 10.0 Å². The second-order valence-corrected chi connectivity index (χ2v) is 13.5. The van der Waals surface area contributed by atoms with Crippen molar-refractivity contribution in [2.24, 2.45) is 0 Å². The van der Waals surface area contributed by atoms with E-state index in [1.54, 1.807) is 49.4 Å². The summed E-state index contributed by atoms with van der Waals surface area (Å²) >= 11 is 13.1. The fraction of sp³-hybridized carbons (Fsp3) is 0.278. The molecule has 1 N–H and O–H groups in total. The van der Waals surface area contributed by atoms with E-state index in [9.17, 15) is 18.0 Å². The molecule has 0 spiro atoms. The lowest BCUT2D eigenvalue weighted by molar-refractivity contribution is -0.140. The highest BCUT2D eigenvalue weighted by Crippen LogP contribution is 2.33. The fourth-order valence-corrected chi connectivity index (χ4v) is 7.16. The predicted octanol–water partition coefficient (Wildman–Crippen LogP) is 6.38. The normalized spacial score (nSPS) is 11.7. The summed E-state index contributed by atoms with van der Waals surface area (Å²) in [7, 11) is -1.57. The summed E-state index contributed by atoms with van der Waals surface area (Å²) in [6.45, 7) is 3.49. The third-order valence-corrected chi connectivity index (χ3v) is 10.1.